The number of rotatable bonds is 3. The van der Waals surface area contributed by atoms with Crippen molar-refractivity contribution in [1.29, 1.82) is 5.26 Å². The maximum Gasteiger partial charge on any atom is 0.321 e. The standard InChI is InChI=1S/C14H15N3O4/c1-21-12-3-2-9(7-15)6-11(12)16-14(20)17-5-4-10(8-17)13(18)19/h2-3,6,10H,4-5,8H2,1H3,(H,16,20)(H,18,19). The zero-order valence-corrected chi connectivity index (χ0v) is 11.5. The van der Waals surface area contributed by atoms with E-state index < -0.39 is 17.9 Å². The van der Waals surface area contributed by atoms with E-state index in [1.54, 1.807) is 12.1 Å². The quantitative estimate of drug-likeness (QED) is 0.877. The topological polar surface area (TPSA) is 103 Å². The van der Waals surface area contributed by atoms with E-state index in [0.29, 0.717) is 30.0 Å². The molecule has 7 heteroatoms. The number of carbonyl (C=O) groups is 2. The molecule has 0 saturated carbocycles. The van der Waals surface area contributed by atoms with Gasteiger partial charge in [0.05, 0.1) is 30.3 Å². The number of ether oxygens (including phenoxy) is 1. The van der Waals surface area contributed by atoms with Gasteiger partial charge in [-0.3, -0.25) is 4.79 Å². The first-order valence-electron chi connectivity index (χ1n) is 6.42. The second-order valence-corrected chi connectivity index (χ2v) is 4.73. The molecule has 0 aliphatic carbocycles. The molecule has 2 amide bonds. The summed E-state index contributed by atoms with van der Waals surface area (Å²) in [6, 6.07) is 6.29. The summed E-state index contributed by atoms with van der Waals surface area (Å²) in [5.41, 5.74) is 0.788. The molecule has 0 aromatic heterocycles. The van der Waals surface area contributed by atoms with Gasteiger partial charge in [0.2, 0.25) is 0 Å². The van der Waals surface area contributed by atoms with Crippen LogP contribution in [0.3, 0.4) is 0 Å². The number of nitrogens with zero attached hydrogens (tertiary/aromatic N) is 2. The summed E-state index contributed by atoms with van der Waals surface area (Å²) in [4.78, 5) is 24.5. The predicted octanol–water partition coefficient (Wildman–Crippen LogP) is 1.51. The van der Waals surface area contributed by atoms with Crippen molar-refractivity contribution < 1.29 is 19.4 Å². The molecule has 0 radical (unpaired) electrons. The lowest BCUT2D eigenvalue weighted by atomic mass is 10.1. The lowest BCUT2D eigenvalue weighted by Crippen LogP contribution is -2.33. The number of hydrogen-bond acceptors (Lipinski definition) is 4. The Kier molecular flexibility index (Phi) is 4.28. The van der Waals surface area contributed by atoms with E-state index >= 15 is 0 Å². The summed E-state index contributed by atoms with van der Waals surface area (Å²) in [5.74, 6) is -0.978. The molecule has 1 aromatic carbocycles. The fraction of sp³-hybridized carbons (Fsp3) is 0.357. The van der Waals surface area contributed by atoms with Gasteiger partial charge in [0, 0.05) is 13.1 Å². The Hall–Kier alpha value is -2.75. The van der Waals surface area contributed by atoms with Crippen molar-refractivity contribution in [2.75, 3.05) is 25.5 Å². The molecular weight excluding hydrogens is 274 g/mol. The molecule has 7 nitrogen and oxygen atoms in total. The van der Waals surface area contributed by atoms with Gasteiger partial charge in [0.15, 0.2) is 0 Å². The third-order valence-electron chi connectivity index (χ3n) is 3.39. The Morgan fingerprint density at radius 2 is 2.29 bits per heavy atom. The minimum absolute atomic E-state index is 0.182. The van der Waals surface area contributed by atoms with Gasteiger partial charge in [-0.15, -0.1) is 0 Å². The van der Waals surface area contributed by atoms with Crippen molar-refractivity contribution >= 4 is 17.7 Å². The van der Waals surface area contributed by atoms with Gasteiger partial charge in [-0.25, -0.2) is 4.79 Å². The van der Waals surface area contributed by atoms with Crippen LogP contribution in [0.25, 0.3) is 0 Å². The molecule has 2 N–H and O–H groups in total. The number of carbonyl (C=O) groups excluding carboxylic acids is 1. The summed E-state index contributed by atoms with van der Waals surface area (Å²) >= 11 is 0. The van der Waals surface area contributed by atoms with E-state index in [-0.39, 0.29) is 6.54 Å². The number of hydrogen-bond donors (Lipinski definition) is 2. The van der Waals surface area contributed by atoms with Gasteiger partial charge in [-0.1, -0.05) is 0 Å². The Labute approximate surface area is 121 Å². The molecule has 1 unspecified atom stereocenters. The zero-order chi connectivity index (χ0) is 15.4. The number of likely N-dealkylation sites (tertiary alicyclic amines) is 1. The van der Waals surface area contributed by atoms with Crippen LogP contribution in [0, 0.1) is 17.2 Å². The van der Waals surface area contributed by atoms with Crippen LogP contribution in [0.4, 0.5) is 10.5 Å². The molecule has 1 aromatic rings. The highest BCUT2D eigenvalue weighted by molar-refractivity contribution is 5.92. The molecular formula is C14H15N3O4. The Morgan fingerprint density at radius 1 is 1.52 bits per heavy atom. The number of benzene rings is 1. The number of carboxylic acid groups (broad SMARTS) is 1. The number of nitriles is 1. The Balaban J connectivity index is 2.10. The number of nitrogens with one attached hydrogen (secondary N) is 1. The normalized spacial score (nSPS) is 17.1. The SMILES string of the molecule is COc1ccc(C#N)cc1NC(=O)N1CCC(C(=O)O)C1. The Morgan fingerprint density at radius 3 is 2.86 bits per heavy atom. The molecule has 1 saturated heterocycles. The third-order valence-corrected chi connectivity index (χ3v) is 3.39. The summed E-state index contributed by atoms with van der Waals surface area (Å²) in [7, 11) is 1.47. The summed E-state index contributed by atoms with van der Waals surface area (Å²) in [6.07, 6.45) is 0.443. The molecule has 1 atom stereocenters. The molecule has 1 aliphatic heterocycles. The predicted molar refractivity (Wildman–Crippen MR) is 74.0 cm³/mol. The second-order valence-electron chi connectivity index (χ2n) is 4.73. The summed E-state index contributed by atoms with van der Waals surface area (Å²) < 4.78 is 5.13. The molecule has 1 fully saturated rings. The molecule has 1 aliphatic rings. The van der Waals surface area contributed by atoms with Crippen LogP contribution in [0.15, 0.2) is 18.2 Å². The van der Waals surface area contributed by atoms with Crippen molar-refractivity contribution in [2.45, 2.75) is 6.42 Å². The number of anilines is 1. The third kappa shape index (κ3) is 3.23. The van der Waals surface area contributed by atoms with Crippen molar-refractivity contribution in [1.82, 2.24) is 4.90 Å². The first kappa shape index (κ1) is 14.7. The van der Waals surface area contributed by atoms with E-state index in [1.807, 2.05) is 6.07 Å². The van der Waals surface area contributed by atoms with Crippen molar-refractivity contribution in [3.63, 3.8) is 0 Å². The highest BCUT2D eigenvalue weighted by atomic mass is 16.5. The maximum absolute atomic E-state index is 12.1. The molecule has 1 heterocycles. The van der Waals surface area contributed by atoms with Crippen molar-refractivity contribution in [3.8, 4) is 11.8 Å². The van der Waals surface area contributed by atoms with Crippen molar-refractivity contribution in [2.24, 2.45) is 5.92 Å². The van der Waals surface area contributed by atoms with Gasteiger partial charge in [0.1, 0.15) is 5.75 Å². The number of aliphatic carboxylic acids is 1. The molecule has 21 heavy (non-hydrogen) atoms. The van der Waals surface area contributed by atoms with E-state index in [4.69, 9.17) is 15.1 Å². The zero-order valence-electron chi connectivity index (χ0n) is 11.5. The van der Waals surface area contributed by atoms with E-state index in [9.17, 15) is 9.59 Å². The van der Waals surface area contributed by atoms with Gasteiger partial charge < -0.3 is 20.1 Å². The number of urea groups is 1. The fourth-order valence-corrected chi connectivity index (χ4v) is 2.22. The number of amides is 2. The van der Waals surface area contributed by atoms with Gasteiger partial charge >= 0.3 is 12.0 Å². The van der Waals surface area contributed by atoms with E-state index in [2.05, 4.69) is 5.32 Å². The second kappa shape index (κ2) is 6.13. The van der Waals surface area contributed by atoms with E-state index in [1.165, 1.54) is 18.1 Å². The molecule has 110 valence electrons. The fourth-order valence-electron chi connectivity index (χ4n) is 2.22. The largest absolute Gasteiger partial charge is 0.495 e. The van der Waals surface area contributed by atoms with Crippen LogP contribution in [-0.4, -0.2) is 42.2 Å². The van der Waals surface area contributed by atoms with Gasteiger partial charge in [-0.2, -0.15) is 5.26 Å². The van der Waals surface area contributed by atoms with Crippen molar-refractivity contribution in [3.05, 3.63) is 23.8 Å². The lowest BCUT2D eigenvalue weighted by Gasteiger charge is -2.18. The molecule has 2 rings (SSSR count). The van der Waals surface area contributed by atoms with Crippen LogP contribution in [-0.2, 0) is 4.79 Å². The molecule has 0 spiro atoms. The minimum atomic E-state index is -0.894. The van der Waals surface area contributed by atoms with Gasteiger partial charge in [0.25, 0.3) is 0 Å². The van der Waals surface area contributed by atoms with Crippen LogP contribution >= 0.6 is 0 Å². The smallest absolute Gasteiger partial charge is 0.321 e. The number of carboxylic acids is 1. The maximum atomic E-state index is 12.1. The number of methoxy groups -OCH3 is 1. The monoisotopic (exact) mass is 289 g/mol. The van der Waals surface area contributed by atoms with Crippen LogP contribution in [0.1, 0.15) is 12.0 Å². The van der Waals surface area contributed by atoms with Gasteiger partial charge in [-0.05, 0) is 24.6 Å². The Bertz CT molecular complexity index is 609. The lowest BCUT2D eigenvalue weighted by molar-refractivity contribution is -0.141. The summed E-state index contributed by atoms with van der Waals surface area (Å²) in [5, 5.41) is 20.5. The average molecular weight is 289 g/mol. The first-order chi connectivity index (χ1) is 10.0. The van der Waals surface area contributed by atoms with Crippen LogP contribution in [0.2, 0.25) is 0 Å². The summed E-state index contributed by atoms with van der Waals surface area (Å²) in [6.45, 7) is 0.574. The average Bonchev–Trinajstić information content (AvgIpc) is 2.97. The van der Waals surface area contributed by atoms with E-state index in [0.717, 1.165) is 0 Å². The highest BCUT2D eigenvalue weighted by Crippen LogP contribution is 2.26. The molecule has 0 bridgehead atoms. The minimum Gasteiger partial charge on any atom is -0.495 e. The first-order valence-corrected chi connectivity index (χ1v) is 6.42. The van der Waals surface area contributed by atoms with Crippen LogP contribution in [0.5, 0.6) is 5.75 Å². The highest BCUT2D eigenvalue weighted by Gasteiger charge is 2.31. The van der Waals surface area contributed by atoms with Crippen LogP contribution < -0.4 is 10.1 Å².